The molecule has 18 heavy (non-hydrogen) atoms. The van der Waals surface area contributed by atoms with Gasteiger partial charge in [0.1, 0.15) is 0 Å². The van der Waals surface area contributed by atoms with Crippen LogP contribution in [0.2, 0.25) is 0 Å². The Labute approximate surface area is 151 Å². The Balaban J connectivity index is -0.00000000827. The van der Waals surface area contributed by atoms with Crippen molar-refractivity contribution in [1.82, 2.24) is 0 Å². The molecule has 0 aromatic heterocycles. The van der Waals surface area contributed by atoms with Gasteiger partial charge in [-0.25, -0.2) is 14.4 Å². The molecule has 0 fully saturated rings. The zero-order valence-electron chi connectivity index (χ0n) is 7.34. The summed E-state index contributed by atoms with van der Waals surface area (Å²) in [5, 5.41) is 41.8. The summed E-state index contributed by atoms with van der Waals surface area (Å²) >= 11 is 0. The normalized spacial score (nSPS) is 4.00. The van der Waals surface area contributed by atoms with Gasteiger partial charge in [-0.3, -0.25) is 0 Å². The summed E-state index contributed by atoms with van der Waals surface area (Å²) in [5.41, 5.74) is 0. The van der Waals surface area contributed by atoms with Crippen LogP contribution in [-0.2, 0) is 16.4 Å². The van der Waals surface area contributed by atoms with E-state index >= 15 is 0 Å². The molecule has 6 N–H and O–H groups in total. The molecule has 0 atom stereocenters. The number of hydrogen-bond donors (Lipinski definition) is 6. The van der Waals surface area contributed by atoms with Crippen LogP contribution in [0.3, 0.4) is 0 Å². The van der Waals surface area contributed by atoms with E-state index in [0.29, 0.717) is 0 Å². The summed E-state index contributed by atoms with van der Waals surface area (Å²) in [6, 6.07) is 0. The minimum absolute atomic E-state index is 0. The van der Waals surface area contributed by atoms with Gasteiger partial charge in [0.15, 0.2) is 34.7 Å². The van der Waals surface area contributed by atoms with Gasteiger partial charge in [-0.2, -0.15) is 0 Å². The van der Waals surface area contributed by atoms with E-state index in [4.69, 9.17) is 45.0 Å². The monoisotopic (exact) mass is 334 g/mol. The van der Waals surface area contributed by atoms with Crippen molar-refractivity contribution in [2.45, 2.75) is 0 Å². The van der Waals surface area contributed by atoms with E-state index in [0.717, 1.165) is 0 Å². The molecule has 0 spiro atoms. The van der Waals surface area contributed by atoms with Gasteiger partial charge in [0.2, 0.25) is 0 Å². The molecule has 0 aliphatic heterocycles. The van der Waals surface area contributed by atoms with Crippen molar-refractivity contribution in [2.24, 2.45) is 0 Å². The summed E-state index contributed by atoms with van der Waals surface area (Å²) in [7, 11) is 0. The summed E-state index contributed by atoms with van der Waals surface area (Å²) < 4.78 is 0. The molecule has 0 heterocycles. The molecule has 0 aliphatic rings. The molecule has 104 valence electrons. The van der Waals surface area contributed by atoms with Gasteiger partial charge in [0.25, 0.3) is 0 Å². The molecule has 0 rings (SSSR count). The third-order valence-corrected chi connectivity index (χ3v) is 0. The predicted octanol–water partition coefficient (Wildman–Crippen LogP) is -2.44. The first-order chi connectivity index (χ1) is 5.20. The SMILES string of the molecule is O=C(O)O.O=C(O)O.O=C(O)O.[AlH3].[AlH3].[Ca].[O].[O].[O]. The topological polar surface area (TPSA) is 258 Å². The van der Waals surface area contributed by atoms with E-state index < -0.39 is 18.5 Å². The fourth-order valence-electron chi connectivity index (χ4n) is 0. The van der Waals surface area contributed by atoms with Gasteiger partial charge in [-0.1, -0.05) is 0 Å². The maximum absolute atomic E-state index is 8.56. The van der Waals surface area contributed by atoms with Crippen LogP contribution in [0.5, 0.6) is 0 Å². The van der Waals surface area contributed by atoms with E-state index in [-0.39, 0.29) is 88.9 Å². The average molecular weight is 334 g/mol. The average Bonchev–Trinajstić information content (AvgIpc) is 1.54. The molecule has 0 aromatic carbocycles. The summed E-state index contributed by atoms with van der Waals surface area (Å²) in [6.45, 7) is 0. The molecular formula is C3H12Al2CaO12. The molecule has 12 nitrogen and oxygen atoms in total. The third-order valence-electron chi connectivity index (χ3n) is 0. The van der Waals surface area contributed by atoms with Crippen molar-refractivity contribution in [3.8, 4) is 0 Å². The smallest absolute Gasteiger partial charge is 0.450 e. The van der Waals surface area contributed by atoms with E-state index in [1.165, 1.54) is 0 Å². The standard InChI is InChI=1S/3CH2O3.2Al.Ca.3O.6H/c3*2-1(3)4;;;;;;;;;;;;/h3*(H2,2,3,4);;;;;;;;;;;;. The predicted molar refractivity (Wildman–Crippen MR) is 59.7 cm³/mol. The van der Waals surface area contributed by atoms with Gasteiger partial charge in [-0.05, 0) is 0 Å². The van der Waals surface area contributed by atoms with Crippen molar-refractivity contribution in [3.05, 3.63) is 0 Å². The largest absolute Gasteiger partial charge is 0.503 e. The minimum Gasteiger partial charge on any atom is -0.450 e. The van der Waals surface area contributed by atoms with E-state index in [1.54, 1.807) is 0 Å². The molecule has 0 unspecified atom stereocenters. The summed E-state index contributed by atoms with van der Waals surface area (Å²) in [5.74, 6) is 0. The molecule has 0 aromatic rings. The molecule has 0 amide bonds. The summed E-state index contributed by atoms with van der Waals surface area (Å²) in [6.07, 6.45) is -5.50. The third kappa shape index (κ3) is 16800000. The Hall–Kier alpha value is 0.0147. The van der Waals surface area contributed by atoms with Crippen LogP contribution in [-0.4, -0.2) is 122 Å². The molecule has 0 saturated heterocycles. The Morgan fingerprint density at radius 1 is 0.500 bits per heavy atom. The van der Waals surface area contributed by atoms with Crippen LogP contribution in [0.15, 0.2) is 0 Å². The number of carbonyl (C=O) groups is 3. The Morgan fingerprint density at radius 3 is 0.500 bits per heavy atom. The van der Waals surface area contributed by atoms with Crippen molar-refractivity contribution in [1.29, 1.82) is 0 Å². The van der Waals surface area contributed by atoms with Crippen LogP contribution in [0.25, 0.3) is 0 Å². The zero-order chi connectivity index (χ0) is 10.7. The maximum atomic E-state index is 8.56. The van der Waals surface area contributed by atoms with Gasteiger partial charge < -0.3 is 30.6 Å². The Kier molecular flexibility index (Phi) is 191. The Bertz CT molecular complexity index is 123. The van der Waals surface area contributed by atoms with Crippen molar-refractivity contribution in [3.63, 3.8) is 0 Å². The van der Waals surface area contributed by atoms with Crippen LogP contribution < -0.4 is 0 Å². The second-order valence-corrected chi connectivity index (χ2v) is 0.848. The molecule has 0 saturated carbocycles. The maximum Gasteiger partial charge on any atom is 0.503 e. The van der Waals surface area contributed by atoms with Crippen LogP contribution in [0, 0.1) is 0 Å². The Morgan fingerprint density at radius 2 is 0.500 bits per heavy atom. The van der Waals surface area contributed by atoms with E-state index in [9.17, 15) is 0 Å². The molecule has 0 bridgehead atoms. The first-order valence-corrected chi connectivity index (χ1v) is 1.95. The first kappa shape index (κ1) is 64.2. The molecule has 0 aliphatic carbocycles. The van der Waals surface area contributed by atoms with Crippen LogP contribution in [0.4, 0.5) is 14.4 Å². The van der Waals surface area contributed by atoms with Gasteiger partial charge in [-0.15, -0.1) is 0 Å². The molecule has 15 heteroatoms. The van der Waals surface area contributed by atoms with Crippen molar-refractivity contribution < 1.29 is 61.5 Å². The fraction of sp³-hybridized carbons (Fsp3) is 0. The van der Waals surface area contributed by atoms with Gasteiger partial charge >= 0.3 is 18.5 Å². The zero-order valence-corrected chi connectivity index (χ0v) is 9.55. The first-order valence-electron chi connectivity index (χ1n) is 1.95. The fourth-order valence-corrected chi connectivity index (χ4v) is 0. The summed E-state index contributed by atoms with van der Waals surface area (Å²) in [4.78, 5) is 25.7. The van der Waals surface area contributed by atoms with Crippen LogP contribution in [0.1, 0.15) is 0 Å². The number of hydrogen-bond acceptors (Lipinski definition) is 3. The van der Waals surface area contributed by atoms with E-state index in [2.05, 4.69) is 0 Å². The van der Waals surface area contributed by atoms with Gasteiger partial charge in [0.05, 0.1) is 0 Å². The molecular weight excluding hydrogens is 322 g/mol. The number of rotatable bonds is 0. The van der Waals surface area contributed by atoms with Crippen LogP contribution >= 0.6 is 0 Å². The second-order valence-electron chi connectivity index (χ2n) is 0.848. The quantitative estimate of drug-likeness (QED) is 0.256. The minimum atomic E-state index is -1.83. The van der Waals surface area contributed by atoms with Crippen molar-refractivity contribution in [2.75, 3.05) is 0 Å². The number of carboxylic acid groups (broad SMARTS) is 6. The van der Waals surface area contributed by atoms with E-state index in [1.807, 2.05) is 0 Å². The molecule has 8 radical (unpaired) electrons. The van der Waals surface area contributed by atoms with Crippen molar-refractivity contribution >= 4 is 90.9 Å². The van der Waals surface area contributed by atoms with Gasteiger partial charge in [0, 0.05) is 54.2 Å². The second kappa shape index (κ2) is 53.7.